The summed E-state index contributed by atoms with van der Waals surface area (Å²) in [7, 11) is 0. The van der Waals surface area contributed by atoms with E-state index in [1.165, 1.54) is 37.7 Å². The Morgan fingerprint density at radius 3 is 1.22 bits per heavy atom. The van der Waals surface area contributed by atoms with Crippen molar-refractivity contribution in [2.24, 2.45) is 0 Å². The molecule has 9 aromatic rings. The number of aryl methyl sites for hydroxylation is 2. The third-order valence-corrected chi connectivity index (χ3v) is 13.5. The largest absolute Gasteiger partial charge is 0.444 e. The summed E-state index contributed by atoms with van der Waals surface area (Å²) in [5.41, 5.74) is 22.5. The first-order valence-electron chi connectivity index (χ1n) is 24.3. The highest BCUT2D eigenvalue weighted by Gasteiger charge is 2.59. The molecule has 2 bridgehead atoms. The SMILES string of the molecule is CC12ON(C(=O)Nc3ccc(CO)cc3)C(C)(c3ccccc31)c1ccccc12.Cc1c2ccccc2c(C)c2ccccc12.Nc1ccc(CO)cc1.Nc1ccc(COC(=O)Nc2ccc(CO)cc2)cc1. The molecule has 0 unspecified atom stereocenters. The normalized spacial score (nSPS) is 15.7. The number of fused-ring (bicyclic) bond motifs is 3. The van der Waals surface area contributed by atoms with Gasteiger partial charge >= 0.3 is 12.1 Å². The van der Waals surface area contributed by atoms with Gasteiger partial charge in [-0.3, -0.25) is 10.2 Å². The molecule has 0 atom stereocenters. The highest BCUT2D eigenvalue weighted by atomic mass is 16.7. The van der Waals surface area contributed by atoms with Gasteiger partial charge < -0.3 is 36.8 Å². The highest BCUT2D eigenvalue weighted by molar-refractivity contribution is 6.05. The van der Waals surface area contributed by atoms with Crippen molar-refractivity contribution in [3.8, 4) is 0 Å². The lowest BCUT2D eigenvalue weighted by Gasteiger charge is -2.57. The summed E-state index contributed by atoms with van der Waals surface area (Å²) in [6.45, 7) is 8.67. The van der Waals surface area contributed by atoms with E-state index in [1.807, 2.05) is 38.1 Å². The smallest absolute Gasteiger partial charge is 0.411 e. The Balaban J connectivity index is 0.000000141. The second-order valence-electron chi connectivity index (χ2n) is 18.4. The van der Waals surface area contributed by atoms with E-state index in [4.69, 9.17) is 31.3 Å². The standard InChI is InChI=1S/C24H22N2O3.C16H14.C15H16N2O3.C7H9NO/c1-23-18-7-3-5-9-20(18)24(2,21-10-6-4-8-19(21)23)29-26(23)22(28)25-17-13-11-16(15-27)12-14-17;1-11-13-7-3-5-9-15(13)12(2)16-10-6-4-8-14(11)16;16-13-5-1-12(2-6-13)10-20-15(19)17-14-7-3-11(9-18)4-8-14;8-7-3-1-6(5-9)2-4-7/h3-14,27H,15H2,1-2H3,(H,25,28);3-10H,1-2H3;1-8,18H,9-10,16H2,(H,17,19);1-4,9H,5,8H2. The molecular formula is C62H61N5O7. The minimum absolute atomic E-state index is 0.0259. The zero-order chi connectivity index (χ0) is 52.4. The van der Waals surface area contributed by atoms with Gasteiger partial charge in [0, 0.05) is 22.7 Å². The third-order valence-electron chi connectivity index (χ3n) is 13.5. The number of amides is 3. The Morgan fingerprint density at radius 1 is 0.486 bits per heavy atom. The van der Waals surface area contributed by atoms with Crippen molar-refractivity contribution in [2.75, 3.05) is 22.1 Å². The molecule has 1 aliphatic carbocycles. The predicted octanol–water partition coefficient (Wildman–Crippen LogP) is 12.4. The Kier molecular flexibility index (Phi) is 16.0. The van der Waals surface area contributed by atoms with Crippen LogP contribution in [0.15, 0.2) is 194 Å². The van der Waals surface area contributed by atoms with Gasteiger partial charge in [-0.2, -0.15) is 5.06 Å². The number of nitrogens with one attached hydrogen (secondary N) is 2. The van der Waals surface area contributed by atoms with Crippen molar-refractivity contribution in [3.05, 3.63) is 250 Å². The lowest BCUT2D eigenvalue weighted by atomic mass is 9.65. The van der Waals surface area contributed by atoms with E-state index in [0.717, 1.165) is 50.2 Å². The highest BCUT2D eigenvalue weighted by Crippen LogP contribution is 2.57. The fraction of sp³-hybridized carbons (Fsp3) is 0.161. The lowest BCUT2D eigenvalue weighted by Crippen LogP contribution is -2.62. The van der Waals surface area contributed by atoms with Crippen LogP contribution in [0.2, 0.25) is 0 Å². The van der Waals surface area contributed by atoms with Gasteiger partial charge in [0.25, 0.3) is 0 Å². The van der Waals surface area contributed by atoms with Crippen molar-refractivity contribution in [3.63, 3.8) is 0 Å². The summed E-state index contributed by atoms with van der Waals surface area (Å²) in [6.07, 6.45) is -0.529. The molecule has 0 aromatic heterocycles. The summed E-state index contributed by atoms with van der Waals surface area (Å²) in [6, 6.07) is 61.5. The van der Waals surface area contributed by atoms with Crippen LogP contribution in [0.25, 0.3) is 21.5 Å². The number of hydrogen-bond acceptors (Lipinski definition) is 9. The zero-order valence-electron chi connectivity index (χ0n) is 41.9. The maximum absolute atomic E-state index is 13.3. The molecule has 12 rings (SSSR count). The third kappa shape index (κ3) is 11.1. The van der Waals surface area contributed by atoms with Crippen LogP contribution >= 0.6 is 0 Å². The lowest BCUT2D eigenvalue weighted by molar-refractivity contribution is -0.260. The van der Waals surface area contributed by atoms with E-state index in [9.17, 15) is 14.7 Å². The minimum atomic E-state index is -0.750. The van der Waals surface area contributed by atoms with E-state index in [2.05, 4.69) is 97.3 Å². The molecule has 0 fully saturated rings. The van der Waals surface area contributed by atoms with Gasteiger partial charge in [-0.25, -0.2) is 9.59 Å². The maximum atomic E-state index is 13.3. The zero-order valence-corrected chi connectivity index (χ0v) is 41.9. The summed E-state index contributed by atoms with van der Waals surface area (Å²) in [4.78, 5) is 31.3. The summed E-state index contributed by atoms with van der Waals surface area (Å²) in [5, 5.41) is 39.2. The quantitative estimate of drug-likeness (QED) is 0.0601. The molecule has 12 heteroatoms. The van der Waals surface area contributed by atoms with Crippen LogP contribution < -0.4 is 22.1 Å². The van der Waals surface area contributed by atoms with Gasteiger partial charge in [0.2, 0.25) is 0 Å². The van der Waals surface area contributed by atoms with Crippen molar-refractivity contribution in [2.45, 2.75) is 65.3 Å². The van der Waals surface area contributed by atoms with Crippen LogP contribution in [0.1, 0.15) is 69.5 Å². The van der Waals surface area contributed by atoms with Crippen molar-refractivity contribution in [1.29, 1.82) is 0 Å². The van der Waals surface area contributed by atoms with E-state index in [-0.39, 0.29) is 32.5 Å². The number of nitrogen functional groups attached to an aromatic ring is 2. The molecule has 12 nitrogen and oxygen atoms in total. The molecule has 74 heavy (non-hydrogen) atoms. The topological polar surface area (TPSA) is 193 Å². The Hall–Kier alpha value is -8.52. The number of carbonyl (C=O) groups excluding carboxylic acids is 2. The first-order chi connectivity index (χ1) is 35.8. The van der Waals surface area contributed by atoms with Crippen LogP contribution in [0.3, 0.4) is 0 Å². The number of nitrogens with zero attached hydrogens (tertiary/aromatic N) is 1. The molecule has 3 amide bonds. The monoisotopic (exact) mass is 987 g/mol. The van der Waals surface area contributed by atoms with E-state index in [1.54, 1.807) is 97.1 Å². The Morgan fingerprint density at radius 2 is 0.824 bits per heavy atom. The van der Waals surface area contributed by atoms with Gasteiger partial charge in [-0.1, -0.05) is 146 Å². The molecule has 3 aliphatic rings. The number of hydrogen-bond donors (Lipinski definition) is 7. The van der Waals surface area contributed by atoms with Gasteiger partial charge in [-0.05, 0) is 153 Å². The first kappa shape index (κ1) is 51.8. The fourth-order valence-electron chi connectivity index (χ4n) is 9.44. The van der Waals surface area contributed by atoms with E-state index < -0.39 is 17.2 Å². The molecule has 376 valence electrons. The number of nitrogens with two attached hydrogens (primary N) is 2. The molecular weight excluding hydrogens is 927 g/mol. The molecule has 9 aromatic carbocycles. The molecule has 0 spiro atoms. The van der Waals surface area contributed by atoms with Crippen molar-refractivity contribution >= 4 is 56.4 Å². The molecule has 0 saturated heterocycles. The molecule has 0 radical (unpaired) electrons. The van der Waals surface area contributed by atoms with Gasteiger partial charge in [0.15, 0.2) is 0 Å². The number of aliphatic hydroxyl groups is 3. The average Bonchev–Trinajstić information content (AvgIpc) is 3.44. The number of anilines is 4. The van der Waals surface area contributed by atoms with E-state index >= 15 is 0 Å². The molecule has 0 saturated carbocycles. The van der Waals surface area contributed by atoms with Crippen LogP contribution in [0.4, 0.5) is 32.3 Å². The van der Waals surface area contributed by atoms with E-state index in [0.29, 0.717) is 17.1 Å². The van der Waals surface area contributed by atoms with Crippen LogP contribution in [0, 0.1) is 13.8 Å². The van der Waals surface area contributed by atoms with Crippen LogP contribution in [0.5, 0.6) is 0 Å². The van der Waals surface area contributed by atoms with Crippen molar-refractivity contribution in [1.82, 2.24) is 5.06 Å². The second-order valence-corrected chi connectivity index (χ2v) is 18.4. The van der Waals surface area contributed by atoms with Crippen LogP contribution in [-0.2, 0) is 47.1 Å². The fourth-order valence-corrected chi connectivity index (χ4v) is 9.44. The van der Waals surface area contributed by atoms with Crippen molar-refractivity contribution < 1.29 is 34.5 Å². The second kappa shape index (κ2) is 22.9. The Bertz CT molecular complexity index is 3220. The van der Waals surface area contributed by atoms with Crippen LogP contribution in [-0.4, -0.2) is 32.5 Å². The Labute approximate surface area is 431 Å². The predicted molar refractivity (Wildman–Crippen MR) is 295 cm³/mol. The maximum Gasteiger partial charge on any atom is 0.411 e. The van der Waals surface area contributed by atoms with Gasteiger partial charge in [0.1, 0.15) is 17.7 Å². The summed E-state index contributed by atoms with van der Waals surface area (Å²) >= 11 is 0. The summed E-state index contributed by atoms with van der Waals surface area (Å²) in [5.74, 6) is 0. The van der Waals surface area contributed by atoms with Gasteiger partial charge in [-0.15, -0.1) is 0 Å². The number of carbonyl (C=O) groups is 2. The van der Waals surface area contributed by atoms with Gasteiger partial charge in [0.05, 0.1) is 19.8 Å². The average molecular weight is 988 g/mol. The number of aliphatic hydroxyl groups excluding tert-OH is 3. The number of benzene rings is 9. The minimum Gasteiger partial charge on any atom is -0.444 e. The molecule has 2 heterocycles. The summed E-state index contributed by atoms with van der Waals surface area (Å²) < 4.78 is 5.09. The number of rotatable bonds is 7. The molecule has 9 N–H and O–H groups in total. The number of urea groups is 1. The first-order valence-corrected chi connectivity index (χ1v) is 24.3. The number of hydroxylamine groups is 2. The number of ether oxygens (including phenoxy) is 1. The molecule has 2 aliphatic heterocycles.